The van der Waals surface area contributed by atoms with Crippen LogP contribution in [0.15, 0.2) is 35.7 Å². The zero-order valence-electron chi connectivity index (χ0n) is 15.3. The third-order valence-electron chi connectivity index (χ3n) is 4.41. The van der Waals surface area contributed by atoms with E-state index in [1.807, 2.05) is 6.07 Å². The Hall–Kier alpha value is -3.18. The van der Waals surface area contributed by atoms with Crippen molar-refractivity contribution in [1.82, 2.24) is 0 Å². The lowest BCUT2D eigenvalue weighted by atomic mass is 10.1. The number of rotatable bonds is 5. The molecule has 2 aromatic rings. The monoisotopic (exact) mass is 397 g/mol. The zero-order valence-corrected chi connectivity index (χ0v) is 16.1. The van der Waals surface area contributed by atoms with Crippen molar-refractivity contribution in [3.63, 3.8) is 0 Å². The Morgan fingerprint density at radius 2 is 2.00 bits per heavy atom. The van der Waals surface area contributed by atoms with Gasteiger partial charge in [-0.25, -0.2) is 4.79 Å². The second kappa shape index (κ2) is 8.67. The van der Waals surface area contributed by atoms with Crippen LogP contribution >= 0.6 is 11.3 Å². The van der Waals surface area contributed by atoms with Gasteiger partial charge in [0.1, 0.15) is 11.1 Å². The highest BCUT2D eigenvalue weighted by Gasteiger charge is 2.22. The van der Waals surface area contributed by atoms with Gasteiger partial charge in [-0.1, -0.05) is 0 Å². The van der Waals surface area contributed by atoms with E-state index in [2.05, 4.69) is 5.32 Å². The molecule has 0 bridgehead atoms. The first kappa shape index (κ1) is 19.6. The number of hydrogen-bond acceptors (Lipinski definition) is 6. The number of amides is 2. The maximum absolute atomic E-state index is 12.3. The second-order valence-corrected chi connectivity index (χ2v) is 7.28. The molecule has 8 heteroatoms. The summed E-state index contributed by atoms with van der Waals surface area (Å²) in [4.78, 5) is 38.2. The number of nitrogens with one attached hydrogen (secondary N) is 1. The van der Waals surface area contributed by atoms with E-state index in [1.165, 1.54) is 18.3 Å². The van der Waals surface area contributed by atoms with E-state index in [4.69, 9.17) is 10.00 Å². The van der Waals surface area contributed by atoms with Crippen LogP contribution in [-0.2, 0) is 14.3 Å². The second-order valence-electron chi connectivity index (χ2n) is 6.36. The van der Waals surface area contributed by atoms with Gasteiger partial charge in [0.15, 0.2) is 6.10 Å². The van der Waals surface area contributed by atoms with Crippen molar-refractivity contribution in [2.45, 2.75) is 32.3 Å². The highest BCUT2D eigenvalue weighted by molar-refractivity contribution is 7.14. The number of piperidine rings is 1. The Morgan fingerprint density at radius 1 is 1.25 bits per heavy atom. The van der Waals surface area contributed by atoms with Crippen molar-refractivity contribution in [2.24, 2.45) is 0 Å². The molecule has 0 spiro atoms. The molecule has 7 nitrogen and oxygen atoms in total. The van der Waals surface area contributed by atoms with E-state index >= 15 is 0 Å². The molecule has 1 atom stereocenters. The minimum atomic E-state index is -1.02. The Morgan fingerprint density at radius 3 is 2.68 bits per heavy atom. The van der Waals surface area contributed by atoms with Gasteiger partial charge in [0, 0.05) is 18.7 Å². The lowest BCUT2D eigenvalue weighted by Crippen LogP contribution is -2.35. The van der Waals surface area contributed by atoms with Crippen LogP contribution in [0.25, 0.3) is 0 Å². The summed E-state index contributed by atoms with van der Waals surface area (Å²) in [6.45, 7) is 2.14. The van der Waals surface area contributed by atoms with Crippen molar-refractivity contribution < 1.29 is 19.1 Å². The Kier molecular flexibility index (Phi) is 6.06. The maximum Gasteiger partial charge on any atom is 0.338 e. The molecule has 1 unspecified atom stereocenters. The Bertz CT molecular complexity index is 930. The molecular formula is C20H19N3O4S. The number of esters is 1. The number of thiophene rings is 1. The largest absolute Gasteiger partial charge is 0.449 e. The smallest absolute Gasteiger partial charge is 0.338 e. The number of nitrogens with zero attached hydrogens (tertiary/aromatic N) is 2. The molecule has 2 heterocycles. The van der Waals surface area contributed by atoms with Crippen LogP contribution < -0.4 is 10.2 Å². The fourth-order valence-corrected chi connectivity index (χ4v) is 3.59. The summed E-state index contributed by atoms with van der Waals surface area (Å²) in [6.07, 6.45) is 1.37. The number of ether oxygens (including phenoxy) is 1. The fraction of sp³-hybridized carbons (Fsp3) is 0.300. The molecule has 3 rings (SSSR count). The van der Waals surface area contributed by atoms with Crippen LogP contribution in [0.5, 0.6) is 0 Å². The van der Waals surface area contributed by atoms with Crippen molar-refractivity contribution in [3.8, 4) is 6.07 Å². The van der Waals surface area contributed by atoms with Gasteiger partial charge in [-0.15, -0.1) is 11.3 Å². The molecule has 28 heavy (non-hydrogen) atoms. The number of nitriles is 1. The summed E-state index contributed by atoms with van der Waals surface area (Å²) in [5.74, 6) is -1.06. The number of carbonyl (C=O) groups excluding carboxylic acids is 3. The number of anilines is 2. The van der Waals surface area contributed by atoms with E-state index in [1.54, 1.807) is 40.6 Å². The molecule has 1 N–H and O–H groups in total. The highest BCUT2D eigenvalue weighted by Crippen LogP contribution is 2.23. The van der Waals surface area contributed by atoms with Gasteiger partial charge < -0.3 is 15.0 Å². The van der Waals surface area contributed by atoms with Crippen molar-refractivity contribution in [2.75, 3.05) is 16.8 Å². The van der Waals surface area contributed by atoms with Gasteiger partial charge in [-0.2, -0.15) is 5.26 Å². The molecule has 0 saturated carbocycles. The molecule has 0 radical (unpaired) electrons. The number of benzene rings is 1. The lowest BCUT2D eigenvalue weighted by molar-refractivity contribution is -0.123. The quantitative estimate of drug-likeness (QED) is 0.780. The molecule has 2 amide bonds. The molecule has 1 aromatic carbocycles. The molecule has 1 aliphatic heterocycles. The fourth-order valence-electron chi connectivity index (χ4n) is 2.85. The summed E-state index contributed by atoms with van der Waals surface area (Å²) >= 11 is 1.22. The van der Waals surface area contributed by atoms with Crippen molar-refractivity contribution in [1.29, 1.82) is 5.26 Å². The molecule has 1 fully saturated rings. The molecule has 0 aliphatic carbocycles. The summed E-state index contributed by atoms with van der Waals surface area (Å²) in [6, 6.07) is 10.2. The van der Waals surface area contributed by atoms with Crippen molar-refractivity contribution >= 4 is 39.8 Å². The third-order valence-corrected chi connectivity index (χ3v) is 5.24. The van der Waals surface area contributed by atoms with Gasteiger partial charge in [0.05, 0.1) is 11.1 Å². The minimum absolute atomic E-state index is 0.0807. The zero-order chi connectivity index (χ0) is 20.1. The van der Waals surface area contributed by atoms with E-state index in [0.29, 0.717) is 29.1 Å². The SMILES string of the molecule is CC(OC(=O)c1ccc(N2CCCCC2=O)cc1)C(=O)Nc1sccc1C#N. The summed E-state index contributed by atoms with van der Waals surface area (Å²) < 4.78 is 5.22. The molecule has 1 saturated heterocycles. The summed E-state index contributed by atoms with van der Waals surface area (Å²) in [7, 11) is 0. The number of carbonyl (C=O) groups is 3. The van der Waals surface area contributed by atoms with Gasteiger partial charge in [-0.05, 0) is 55.5 Å². The van der Waals surface area contributed by atoms with Crippen LogP contribution in [0.2, 0.25) is 0 Å². The van der Waals surface area contributed by atoms with E-state index in [9.17, 15) is 14.4 Å². The normalized spacial score (nSPS) is 14.9. The number of hydrogen-bond donors (Lipinski definition) is 1. The summed E-state index contributed by atoms with van der Waals surface area (Å²) in [5, 5.41) is 13.7. The van der Waals surface area contributed by atoms with Crippen LogP contribution in [0, 0.1) is 11.3 Å². The molecule has 1 aliphatic rings. The average Bonchev–Trinajstić information content (AvgIpc) is 3.15. The molecule has 1 aromatic heterocycles. The van der Waals surface area contributed by atoms with E-state index in [-0.39, 0.29) is 5.91 Å². The van der Waals surface area contributed by atoms with Crippen molar-refractivity contribution in [3.05, 3.63) is 46.8 Å². The van der Waals surface area contributed by atoms with Crippen LogP contribution in [0.4, 0.5) is 10.7 Å². The molecular weight excluding hydrogens is 378 g/mol. The molecule has 144 valence electrons. The Labute approximate surface area is 166 Å². The standard InChI is InChI=1S/C20H19N3O4S/c1-13(18(25)22-19-15(12-21)9-11-28-19)27-20(26)14-5-7-16(8-6-14)23-10-3-2-4-17(23)24/h5-9,11,13H,2-4,10H2,1H3,(H,22,25). The predicted octanol–water partition coefficient (Wildman–Crippen LogP) is 3.32. The van der Waals surface area contributed by atoms with E-state index < -0.39 is 18.0 Å². The first-order valence-corrected chi connectivity index (χ1v) is 9.77. The average molecular weight is 397 g/mol. The van der Waals surface area contributed by atoms with Gasteiger partial charge in [0.2, 0.25) is 5.91 Å². The predicted molar refractivity (Wildman–Crippen MR) is 105 cm³/mol. The topological polar surface area (TPSA) is 99.5 Å². The van der Waals surface area contributed by atoms with Gasteiger partial charge >= 0.3 is 5.97 Å². The highest BCUT2D eigenvalue weighted by atomic mass is 32.1. The van der Waals surface area contributed by atoms with Crippen LogP contribution in [0.3, 0.4) is 0 Å². The first-order valence-electron chi connectivity index (χ1n) is 8.89. The summed E-state index contributed by atoms with van der Waals surface area (Å²) in [5.41, 5.74) is 1.40. The first-order chi connectivity index (χ1) is 13.5. The van der Waals surface area contributed by atoms with Gasteiger partial charge in [-0.3, -0.25) is 9.59 Å². The van der Waals surface area contributed by atoms with Crippen LogP contribution in [-0.4, -0.2) is 30.4 Å². The van der Waals surface area contributed by atoms with Crippen LogP contribution in [0.1, 0.15) is 42.1 Å². The minimum Gasteiger partial charge on any atom is -0.449 e. The van der Waals surface area contributed by atoms with E-state index in [0.717, 1.165) is 18.5 Å². The lowest BCUT2D eigenvalue weighted by Gasteiger charge is -2.26. The van der Waals surface area contributed by atoms with Gasteiger partial charge in [0.25, 0.3) is 5.91 Å². The third kappa shape index (κ3) is 4.38. The Balaban J connectivity index is 1.60. The maximum atomic E-state index is 12.3.